The molecule has 7 heteroatoms. The number of aryl methyl sites for hydroxylation is 1. The summed E-state index contributed by atoms with van der Waals surface area (Å²) >= 11 is 1.31. The van der Waals surface area contributed by atoms with E-state index in [0.29, 0.717) is 22.5 Å². The highest BCUT2D eigenvalue weighted by atomic mass is 32.2. The molecule has 0 radical (unpaired) electrons. The molecule has 0 fully saturated rings. The molecule has 0 amide bonds. The highest BCUT2D eigenvalue weighted by molar-refractivity contribution is 8.00. The van der Waals surface area contributed by atoms with Gasteiger partial charge in [-0.3, -0.25) is 14.4 Å². The summed E-state index contributed by atoms with van der Waals surface area (Å²) < 4.78 is 10.1. The van der Waals surface area contributed by atoms with Crippen molar-refractivity contribution in [3.05, 3.63) is 46.8 Å². The molecule has 2 rings (SSSR count). The summed E-state index contributed by atoms with van der Waals surface area (Å²) in [6.07, 6.45) is 0. The molecule has 0 atom stereocenters. The lowest BCUT2D eigenvalue weighted by atomic mass is 10.1. The number of rotatable bonds is 8. The van der Waals surface area contributed by atoms with Crippen LogP contribution < -0.4 is 4.74 Å². The second-order valence-corrected chi connectivity index (χ2v) is 6.78. The minimum atomic E-state index is -0.480. The first kappa shape index (κ1) is 19.8. The lowest BCUT2D eigenvalue weighted by Crippen LogP contribution is -2.16. The van der Waals surface area contributed by atoms with Crippen molar-refractivity contribution in [1.82, 2.24) is 4.98 Å². The molecule has 6 nitrogen and oxygen atoms in total. The number of hydrogen-bond acceptors (Lipinski definition) is 6. The smallest absolute Gasteiger partial charge is 0.316 e. The van der Waals surface area contributed by atoms with Gasteiger partial charge in [0, 0.05) is 16.2 Å². The highest BCUT2D eigenvalue weighted by Gasteiger charge is 2.20. The van der Waals surface area contributed by atoms with Crippen molar-refractivity contribution in [1.29, 1.82) is 0 Å². The van der Waals surface area contributed by atoms with E-state index in [9.17, 15) is 14.4 Å². The first-order valence-corrected chi connectivity index (χ1v) is 8.97. The molecule has 0 saturated carbocycles. The van der Waals surface area contributed by atoms with Crippen LogP contribution in [0, 0.1) is 13.8 Å². The number of esters is 1. The van der Waals surface area contributed by atoms with Crippen molar-refractivity contribution in [2.45, 2.75) is 25.7 Å². The normalized spacial score (nSPS) is 10.5. The highest BCUT2D eigenvalue weighted by Crippen LogP contribution is 2.22. The Morgan fingerprint density at radius 1 is 1.12 bits per heavy atom. The molecule has 1 aromatic carbocycles. The van der Waals surface area contributed by atoms with Crippen LogP contribution >= 0.6 is 11.8 Å². The van der Waals surface area contributed by atoms with Crippen molar-refractivity contribution in [2.24, 2.45) is 0 Å². The third-order valence-electron chi connectivity index (χ3n) is 3.85. The van der Waals surface area contributed by atoms with Gasteiger partial charge in [-0.15, -0.1) is 11.8 Å². The molecule has 26 heavy (non-hydrogen) atoms. The Morgan fingerprint density at radius 3 is 2.31 bits per heavy atom. The van der Waals surface area contributed by atoms with Crippen LogP contribution in [0.25, 0.3) is 0 Å². The van der Waals surface area contributed by atoms with Gasteiger partial charge in [-0.05, 0) is 50.6 Å². The van der Waals surface area contributed by atoms with Crippen LogP contribution in [0.1, 0.15) is 39.0 Å². The second-order valence-electron chi connectivity index (χ2n) is 5.73. The van der Waals surface area contributed by atoms with Gasteiger partial charge in [0.15, 0.2) is 12.4 Å². The summed E-state index contributed by atoms with van der Waals surface area (Å²) in [5.74, 6) is -0.110. The van der Waals surface area contributed by atoms with Gasteiger partial charge >= 0.3 is 5.97 Å². The molecule has 2 aromatic rings. The summed E-state index contributed by atoms with van der Waals surface area (Å²) in [6.45, 7) is 4.53. The summed E-state index contributed by atoms with van der Waals surface area (Å²) in [6, 6.07) is 7.30. The Labute approximate surface area is 156 Å². The Balaban J connectivity index is 1.87. The molecule has 0 aliphatic heterocycles. The Hall–Kier alpha value is -2.54. The zero-order chi connectivity index (χ0) is 19.3. The van der Waals surface area contributed by atoms with Gasteiger partial charge in [0.05, 0.1) is 18.6 Å². The first-order chi connectivity index (χ1) is 12.3. The average molecular weight is 375 g/mol. The lowest BCUT2D eigenvalue weighted by Gasteiger charge is -2.05. The number of Topliss-reactive ketones (excluding diaryl/α,β-unsaturated/α-hetero) is 2. The molecule has 1 aromatic heterocycles. The van der Waals surface area contributed by atoms with E-state index in [4.69, 9.17) is 9.47 Å². The summed E-state index contributed by atoms with van der Waals surface area (Å²) in [5.41, 5.74) is 2.04. The predicted octanol–water partition coefficient (Wildman–Crippen LogP) is 3.36. The van der Waals surface area contributed by atoms with Gasteiger partial charge in [-0.2, -0.15) is 0 Å². The second kappa shape index (κ2) is 8.71. The molecular weight excluding hydrogens is 354 g/mol. The minimum absolute atomic E-state index is 0.0983. The van der Waals surface area contributed by atoms with Gasteiger partial charge in [0.2, 0.25) is 5.78 Å². The minimum Gasteiger partial charge on any atom is -0.497 e. The van der Waals surface area contributed by atoms with E-state index < -0.39 is 5.97 Å². The molecule has 1 N–H and O–H groups in total. The molecule has 0 unspecified atom stereocenters. The number of hydrogen-bond donors (Lipinski definition) is 1. The van der Waals surface area contributed by atoms with E-state index in [-0.39, 0.29) is 23.9 Å². The van der Waals surface area contributed by atoms with E-state index in [2.05, 4.69) is 4.98 Å². The summed E-state index contributed by atoms with van der Waals surface area (Å²) in [4.78, 5) is 39.5. The third kappa shape index (κ3) is 4.76. The lowest BCUT2D eigenvalue weighted by molar-refractivity contribution is -0.139. The van der Waals surface area contributed by atoms with E-state index in [1.54, 1.807) is 33.1 Å². The van der Waals surface area contributed by atoms with Crippen molar-refractivity contribution >= 4 is 29.3 Å². The molecule has 0 aliphatic rings. The molecule has 1 heterocycles. The number of nitrogens with one attached hydrogen (secondary N) is 1. The van der Waals surface area contributed by atoms with Gasteiger partial charge in [-0.1, -0.05) is 0 Å². The van der Waals surface area contributed by atoms with Gasteiger partial charge in [0.1, 0.15) is 5.75 Å². The van der Waals surface area contributed by atoms with Crippen molar-refractivity contribution in [2.75, 3.05) is 19.5 Å². The monoisotopic (exact) mass is 375 g/mol. The van der Waals surface area contributed by atoms with Gasteiger partial charge < -0.3 is 14.5 Å². The van der Waals surface area contributed by atoms with E-state index in [1.807, 2.05) is 12.1 Å². The number of H-pyrrole nitrogens is 1. The molecule has 138 valence electrons. The maximum atomic E-state index is 12.3. The Bertz CT molecular complexity index is 823. The number of carbonyl (C=O) groups is 3. The largest absolute Gasteiger partial charge is 0.497 e. The van der Waals surface area contributed by atoms with Gasteiger partial charge in [0.25, 0.3) is 0 Å². The fourth-order valence-electron chi connectivity index (χ4n) is 2.63. The number of aromatic nitrogens is 1. The zero-order valence-corrected chi connectivity index (χ0v) is 16.0. The van der Waals surface area contributed by atoms with Crippen LogP contribution in [0.15, 0.2) is 29.2 Å². The molecular formula is C19H21NO5S. The topological polar surface area (TPSA) is 85.5 Å². The zero-order valence-electron chi connectivity index (χ0n) is 15.2. The summed E-state index contributed by atoms with van der Waals surface area (Å²) in [7, 11) is 1.59. The summed E-state index contributed by atoms with van der Waals surface area (Å²) in [5, 5.41) is 0. The number of benzene rings is 1. The van der Waals surface area contributed by atoms with E-state index in [0.717, 1.165) is 10.6 Å². The van der Waals surface area contributed by atoms with Crippen molar-refractivity contribution in [3.63, 3.8) is 0 Å². The number of thioether (sulfide) groups is 1. The molecule has 0 aliphatic carbocycles. The number of ketones is 2. The van der Waals surface area contributed by atoms with Gasteiger partial charge in [-0.25, -0.2) is 0 Å². The van der Waals surface area contributed by atoms with Crippen LogP contribution in [-0.2, 0) is 9.53 Å². The Kier molecular flexibility index (Phi) is 6.63. The number of ether oxygens (including phenoxy) is 2. The molecule has 0 bridgehead atoms. The average Bonchev–Trinajstić information content (AvgIpc) is 2.92. The first-order valence-electron chi connectivity index (χ1n) is 7.99. The van der Waals surface area contributed by atoms with Crippen molar-refractivity contribution in [3.8, 4) is 5.75 Å². The standard InChI is InChI=1S/C19H21NO5S/c1-11-18(13(3)21)12(2)20-19(11)16(22)9-25-17(23)10-26-15-7-5-14(24-4)6-8-15/h5-8,20H,9-10H2,1-4H3. The quantitative estimate of drug-likeness (QED) is 0.433. The van der Waals surface area contributed by atoms with E-state index >= 15 is 0 Å². The molecule has 0 spiro atoms. The molecule has 0 saturated heterocycles. The number of methoxy groups -OCH3 is 1. The third-order valence-corrected chi connectivity index (χ3v) is 4.83. The van der Waals surface area contributed by atoms with Crippen LogP contribution in [0.4, 0.5) is 0 Å². The van der Waals surface area contributed by atoms with E-state index in [1.165, 1.54) is 18.7 Å². The fourth-order valence-corrected chi connectivity index (χ4v) is 3.33. The van der Waals surface area contributed by atoms with Crippen LogP contribution in [-0.4, -0.2) is 42.0 Å². The number of aromatic amines is 1. The Morgan fingerprint density at radius 2 is 1.77 bits per heavy atom. The maximum Gasteiger partial charge on any atom is 0.316 e. The van der Waals surface area contributed by atoms with Crippen LogP contribution in [0.3, 0.4) is 0 Å². The van der Waals surface area contributed by atoms with Crippen molar-refractivity contribution < 1.29 is 23.9 Å². The van der Waals surface area contributed by atoms with Crippen LogP contribution in [0.2, 0.25) is 0 Å². The fraction of sp³-hybridized carbons (Fsp3) is 0.316. The number of carbonyl (C=O) groups excluding carboxylic acids is 3. The maximum absolute atomic E-state index is 12.3. The SMILES string of the molecule is COc1ccc(SCC(=O)OCC(=O)c2[nH]c(C)c(C(C)=O)c2C)cc1. The predicted molar refractivity (Wildman–Crippen MR) is 99.3 cm³/mol. The van der Waals surface area contributed by atoms with Crippen LogP contribution in [0.5, 0.6) is 5.75 Å².